The molecular weight excluding hydrogens is 408 g/mol. The number of carbonyl (C=O) groups is 1. The molecule has 0 spiro atoms. The largest absolute Gasteiger partial charge is 0.434 e. The number of nitrogens with zero attached hydrogens (tertiary/aromatic N) is 5. The fraction of sp³-hybridized carbons (Fsp3) is 0.571. The standard InChI is InChI=1S/C21H27F2N5O3/c1-13-11-24-19(10-18(13)31-21(22)23)26(3)20-16-12-27(14(2)29)7-4-17(16)28(25-20)15-5-8-30-9-6-15/h10-11,15,21H,4-9,12H2,1-3H3. The molecule has 2 aliphatic heterocycles. The summed E-state index contributed by atoms with van der Waals surface area (Å²) < 4.78 is 37.8. The molecule has 0 aliphatic carbocycles. The van der Waals surface area contributed by atoms with Gasteiger partial charge < -0.3 is 19.3 Å². The highest BCUT2D eigenvalue weighted by Crippen LogP contribution is 2.36. The van der Waals surface area contributed by atoms with Gasteiger partial charge in [0.15, 0.2) is 5.82 Å². The molecule has 2 aromatic rings. The van der Waals surface area contributed by atoms with E-state index < -0.39 is 6.61 Å². The summed E-state index contributed by atoms with van der Waals surface area (Å²) in [4.78, 5) is 20.0. The first-order valence-electron chi connectivity index (χ1n) is 10.4. The number of hydrogen-bond acceptors (Lipinski definition) is 6. The maximum Gasteiger partial charge on any atom is 0.387 e. The molecule has 8 nitrogen and oxygen atoms in total. The topological polar surface area (TPSA) is 72.7 Å². The lowest BCUT2D eigenvalue weighted by Crippen LogP contribution is -2.35. The van der Waals surface area contributed by atoms with Crippen LogP contribution in [0.1, 0.15) is 42.6 Å². The molecule has 4 rings (SSSR count). The van der Waals surface area contributed by atoms with Gasteiger partial charge in [-0.05, 0) is 19.8 Å². The number of anilines is 2. The summed E-state index contributed by atoms with van der Waals surface area (Å²) in [6, 6.07) is 1.73. The summed E-state index contributed by atoms with van der Waals surface area (Å²) in [5.74, 6) is 1.21. The molecule has 0 saturated carbocycles. The van der Waals surface area contributed by atoms with Crippen LogP contribution >= 0.6 is 0 Å². The summed E-state index contributed by atoms with van der Waals surface area (Å²) in [6.07, 6.45) is 3.98. The van der Waals surface area contributed by atoms with Crippen molar-refractivity contribution in [3.8, 4) is 5.75 Å². The average Bonchev–Trinajstić information content (AvgIpc) is 3.14. The van der Waals surface area contributed by atoms with E-state index in [1.54, 1.807) is 30.7 Å². The lowest BCUT2D eigenvalue weighted by molar-refractivity contribution is -0.129. The molecule has 0 N–H and O–H groups in total. The minimum absolute atomic E-state index is 0.0131. The number of hydrogen-bond donors (Lipinski definition) is 0. The Hall–Kier alpha value is -2.75. The molecule has 2 aromatic heterocycles. The molecule has 1 saturated heterocycles. The zero-order chi connectivity index (χ0) is 22.1. The van der Waals surface area contributed by atoms with Crippen LogP contribution in [0.15, 0.2) is 12.3 Å². The summed E-state index contributed by atoms with van der Waals surface area (Å²) >= 11 is 0. The quantitative estimate of drug-likeness (QED) is 0.718. The molecule has 168 valence electrons. The number of fused-ring (bicyclic) bond motifs is 1. The molecule has 2 aliphatic rings. The van der Waals surface area contributed by atoms with Gasteiger partial charge in [-0.3, -0.25) is 9.48 Å². The Morgan fingerprint density at radius 1 is 1.35 bits per heavy atom. The average molecular weight is 435 g/mol. The number of alkyl halides is 2. The zero-order valence-electron chi connectivity index (χ0n) is 18.0. The van der Waals surface area contributed by atoms with Crippen LogP contribution in [-0.4, -0.2) is 59.0 Å². The van der Waals surface area contributed by atoms with Crippen molar-refractivity contribution in [2.75, 3.05) is 31.7 Å². The molecular formula is C21H27F2N5O3. The van der Waals surface area contributed by atoms with E-state index in [2.05, 4.69) is 14.4 Å². The van der Waals surface area contributed by atoms with Gasteiger partial charge in [0.05, 0.1) is 12.6 Å². The molecule has 0 aromatic carbocycles. The van der Waals surface area contributed by atoms with E-state index in [-0.39, 0.29) is 17.7 Å². The smallest absolute Gasteiger partial charge is 0.387 e. The number of halogens is 2. The molecule has 0 atom stereocenters. The predicted molar refractivity (Wildman–Crippen MR) is 110 cm³/mol. The third kappa shape index (κ3) is 4.34. The van der Waals surface area contributed by atoms with Crippen LogP contribution in [0, 0.1) is 6.92 Å². The van der Waals surface area contributed by atoms with E-state index in [9.17, 15) is 13.6 Å². The van der Waals surface area contributed by atoms with Crippen LogP contribution in [0.5, 0.6) is 5.75 Å². The van der Waals surface area contributed by atoms with Crippen LogP contribution in [-0.2, 0) is 22.5 Å². The van der Waals surface area contributed by atoms with Gasteiger partial charge >= 0.3 is 6.61 Å². The number of pyridine rings is 1. The third-order valence-electron chi connectivity index (χ3n) is 5.96. The van der Waals surface area contributed by atoms with Gasteiger partial charge in [0, 0.05) is 69.2 Å². The van der Waals surface area contributed by atoms with Crippen LogP contribution in [0.2, 0.25) is 0 Å². The van der Waals surface area contributed by atoms with Crippen LogP contribution < -0.4 is 9.64 Å². The van der Waals surface area contributed by atoms with Crippen LogP contribution in [0.4, 0.5) is 20.4 Å². The second kappa shape index (κ2) is 8.78. The first-order chi connectivity index (χ1) is 14.8. The Kier molecular flexibility index (Phi) is 6.08. The molecule has 1 amide bonds. The van der Waals surface area contributed by atoms with E-state index in [4.69, 9.17) is 9.84 Å². The van der Waals surface area contributed by atoms with Gasteiger partial charge in [-0.2, -0.15) is 13.9 Å². The van der Waals surface area contributed by atoms with Gasteiger partial charge in [0.25, 0.3) is 0 Å². The van der Waals surface area contributed by atoms with E-state index >= 15 is 0 Å². The monoisotopic (exact) mass is 435 g/mol. The molecule has 4 heterocycles. The first-order valence-corrected chi connectivity index (χ1v) is 10.4. The van der Waals surface area contributed by atoms with E-state index in [0.717, 1.165) is 24.1 Å². The van der Waals surface area contributed by atoms with Crippen LogP contribution in [0.3, 0.4) is 0 Å². The Morgan fingerprint density at radius 3 is 2.77 bits per heavy atom. The van der Waals surface area contributed by atoms with Crippen molar-refractivity contribution in [2.45, 2.75) is 52.3 Å². The highest BCUT2D eigenvalue weighted by Gasteiger charge is 2.31. The highest BCUT2D eigenvalue weighted by atomic mass is 19.3. The normalized spacial score (nSPS) is 17.0. The van der Waals surface area contributed by atoms with Gasteiger partial charge in [0.1, 0.15) is 11.6 Å². The van der Waals surface area contributed by atoms with Crippen molar-refractivity contribution in [1.82, 2.24) is 19.7 Å². The number of carbonyl (C=O) groups excluding carboxylic acids is 1. The lowest BCUT2D eigenvalue weighted by Gasteiger charge is -2.29. The van der Waals surface area contributed by atoms with Crippen molar-refractivity contribution < 1.29 is 23.0 Å². The van der Waals surface area contributed by atoms with E-state index in [1.165, 1.54) is 12.3 Å². The van der Waals surface area contributed by atoms with Gasteiger partial charge in [0.2, 0.25) is 5.91 Å². The maximum atomic E-state index is 12.8. The van der Waals surface area contributed by atoms with Crippen molar-refractivity contribution in [3.05, 3.63) is 29.1 Å². The van der Waals surface area contributed by atoms with Gasteiger partial charge in [-0.15, -0.1) is 0 Å². The molecule has 31 heavy (non-hydrogen) atoms. The maximum absolute atomic E-state index is 12.8. The number of amides is 1. The zero-order valence-corrected chi connectivity index (χ0v) is 18.0. The second-order valence-corrected chi connectivity index (χ2v) is 7.97. The fourth-order valence-corrected chi connectivity index (χ4v) is 4.21. The van der Waals surface area contributed by atoms with Gasteiger partial charge in [-0.1, -0.05) is 0 Å². The summed E-state index contributed by atoms with van der Waals surface area (Å²) in [6.45, 7) is 2.81. The molecule has 0 bridgehead atoms. The Bertz CT molecular complexity index is 959. The number of ether oxygens (including phenoxy) is 2. The predicted octanol–water partition coefficient (Wildman–Crippen LogP) is 3.21. The molecule has 10 heteroatoms. The number of rotatable bonds is 5. The summed E-state index contributed by atoms with van der Waals surface area (Å²) in [7, 11) is 1.80. The number of aromatic nitrogens is 3. The van der Waals surface area contributed by atoms with Crippen molar-refractivity contribution >= 4 is 17.5 Å². The summed E-state index contributed by atoms with van der Waals surface area (Å²) in [5.41, 5.74) is 2.60. The van der Waals surface area contributed by atoms with Crippen molar-refractivity contribution in [3.63, 3.8) is 0 Å². The van der Waals surface area contributed by atoms with E-state index in [1.807, 2.05) is 0 Å². The minimum atomic E-state index is -2.91. The molecule has 0 radical (unpaired) electrons. The van der Waals surface area contributed by atoms with Crippen molar-refractivity contribution in [2.24, 2.45) is 0 Å². The number of aryl methyl sites for hydroxylation is 1. The van der Waals surface area contributed by atoms with Gasteiger partial charge in [-0.25, -0.2) is 4.98 Å². The molecule has 0 unspecified atom stereocenters. The Morgan fingerprint density at radius 2 is 2.10 bits per heavy atom. The second-order valence-electron chi connectivity index (χ2n) is 7.97. The lowest BCUT2D eigenvalue weighted by atomic mass is 10.0. The Labute approximate surface area is 179 Å². The molecule has 1 fully saturated rings. The first kappa shape index (κ1) is 21.5. The fourth-order valence-electron chi connectivity index (χ4n) is 4.21. The van der Waals surface area contributed by atoms with Crippen molar-refractivity contribution in [1.29, 1.82) is 0 Å². The Balaban J connectivity index is 1.73. The summed E-state index contributed by atoms with van der Waals surface area (Å²) in [5, 5.41) is 4.92. The van der Waals surface area contributed by atoms with E-state index in [0.29, 0.717) is 49.9 Å². The highest BCUT2D eigenvalue weighted by molar-refractivity contribution is 5.74. The van der Waals surface area contributed by atoms with Crippen LogP contribution in [0.25, 0.3) is 0 Å². The minimum Gasteiger partial charge on any atom is -0.434 e. The SMILES string of the molecule is CC(=O)N1CCc2c(c(N(C)c3cc(OC(F)F)c(C)cn3)nn2C2CCOCC2)C1. The third-order valence-corrected chi connectivity index (χ3v) is 5.96.